The normalized spacial score (nSPS) is 21.1. The molecule has 8 nitrogen and oxygen atoms in total. The molecule has 2 amide bonds. The molecule has 2 aliphatic heterocycles. The molecule has 2 atom stereocenters. The number of alkyl halides is 3. The summed E-state index contributed by atoms with van der Waals surface area (Å²) in [6, 6.07) is 7.74. The van der Waals surface area contributed by atoms with Crippen molar-refractivity contribution in [3.63, 3.8) is 0 Å². The SMILES string of the molecule is COCCOc1cc(C2CC(c3ccc(OC(F)(F)F)cc3)CN(C(=O)N3CCSCC3)C2)[nH]n1. The van der Waals surface area contributed by atoms with Crippen LogP contribution in [0, 0.1) is 0 Å². The molecule has 1 aromatic carbocycles. The van der Waals surface area contributed by atoms with Crippen molar-refractivity contribution in [3.8, 4) is 11.6 Å². The molecule has 12 heteroatoms. The fourth-order valence-electron chi connectivity index (χ4n) is 4.45. The van der Waals surface area contributed by atoms with E-state index >= 15 is 0 Å². The summed E-state index contributed by atoms with van der Waals surface area (Å²) in [6.45, 7) is 3.24. The van der Waals surface area contributed by atoms with E-state index in [4.69, 9.17) is 9.47 Å². The number of hydrogen-bond acceptors (Lipinski definition) is 6. The molecule has 0 bridgehead atoms. The first-order valence-corrected chi connectivity index (χ1v) is 12.6. The second-order valence-electron chi connectivity index (χ2n) is 8.54. The third-order valence-electron chi connectivity index (χ3n) is 6.14. The van der Waals surface area contributed by atoms with Crippen molar-refractivity contribution in [1.82, 2.24) is 20.0 Å². The zero-order valence-electron chi connectivity index (χ0n) is 19.4. The summed E-state index contributed by atoms with van der Waals surface area (Å²) in [5.74, 6) is 1.93. The maximum Gasteiger partial charge on any atom is 0.573 e. The van der Waals surface area contributed by atoms with Gasteiger partial charge in [0.25, 0.3) is 0 Å². The second-order valence-corrected chi connectivity index (χ2v) is 9.76. The van der Waals surface area contributed by atoms with Gasteiger partial charge in [0.1, 0.15) is 12.4 Å². The predicted octanol–water partition coefficient (Wildman–Crippen LogP) is 4.08. The van der Waals surface area contributed by atoms with Crippen LogP contribution in [0.2, 0.25) is 0 Å². The number of ether oxygens (including phenoxy) is 3. The number of nitrogens with zero attached hydrogens (tertiary/aromatic N) is 3. The Kier molecular flexibility index (Phi) is 8.32. The van der Waals surface area contributed by atoms with Gasteiger partial charge in [-0.3, -0.25) is 5.10 Å². The van der Waals surface area contributed by atoms with Crippen molar-refractivity contribution in [2.75, 3.05) is 58.0 Å². The number of rotatable bonds is 7. The minimum absolute atomic E-state index is 0.00638. The number of carbonyl (C=O) groups is 1. The molecule has 0 radical (unpaired) electrons. The molecule has 0 saturated carbocycles. The minimum Gasteiger partial charge on any atom is -0.474 e. The molecule has 0 aliphatic carbocycles. The van der Waals surface area contributed by atoms with Crippen LogP contribution in [0.25, 0.3) is 0 Å². The third kappa shape index (κ3) is 6.97. The van der Waals surface area contributed by atoms with Gasteiger partial charge in [0, 0.05) is 68.4 Å². The van der Waals surface area contributed by atoms with Crippen LogP contribution in [0.5, 0.6) is 11.6 Å². The van der Waals surface area contributed by atoms with Gasteiger partial charge in [0.05, 0.1) is 6.61 Å². The van der Waals surface area contributed by atoms with Crippen molar-refractivity contribution in [2.45, 2.75) is 24.6 Å². The van der Waals surface area contributed by atoms with Crippen LogP contribution in [-0.2, 0) is 4.74 Å². The zero-order valence-corrected chi connectivity index (χ0v) is 20.2. The van der Waals surface area contributed by atoms with Crippen molar-refractivity contribution in [2.24, 2.45) is 0 Å². The molecular formula is C23H29F3N4O4S. The molecule has 2 fully saturated rings. The average molecular weight is 515 g/mol. The summed E-state index contributed by atoms with van der Waals surface area (Å²) >= 11 is 1.83. The lowest BCUT2D eigenvalue weighted by Crippen LogP contribution is -2.51. The Hall–Kier alpha value is -2.60. The number of thioether (sulfide) groups is 1. The third-order valence-corrected chi connectivity index (χ3v) is 7.08. The molecule has 4 rings (SSSR count). The maximum atomic E-state index is 13.3. The van der Waals surface area contributed by atoms with Gasteiger partial charge in [0.15, 0.2) is 0 Å². The number of aromatic amines is 1. The van der Waals surface area contributed by atoms with Gasteiger partial charge in [-0.05, 0) is 24.1 Å². The second kappa shape index (κ2) is 11.4. The summed E-state index contributed by atoms with van der Waals surface area (Å²) in [7, 11) is 1.59. The molecule has 192 valence electrons. The largest absolute Gasteiger partial charge is 0.573 e. The Morgan fingerprint density at radius 1 is 1.11 bits per heavy atom. The number of halogens is 3. The van der Waals surface area contributed by atoms with E-state index < -0.39 is 6.36 Å². The summed E-state index contributed by atoms with van der Waals surface area (Å²) in [5.41, 5.74) is 1.71. The molecule has 2 unspecified atom stereocenters. The van der Waals surface area contributed by atoms with Crippen LogP contribution in [0.4, 0.5) is 18.0 Å². The number of methoxy groups -OCH3 is 1. The lowest BCUT2D eigenvalue weighted by Gasteiger charge is -2.40. The minimum atomic E-state index is -4.74. The van der Waals surface area contributed by atoms with E-state index in [0.29, 0.717) is 51.7 Å². The fourth-order valence-corrected chi connectivity index (χ4v) is 5.35. The first-order valence-electron chi connectivity index (χ1n) is 11.5. The number of carbonyl (C=O) groups excluding carboxylic acids is 1. The number of piperidine rings is 1. The molecule has 2 saturated heterocycles. The molecule has 0 spiro atoms. The molecule has 1 N–H and O–H groups in total. The summed E-state index contributed by atoms with van der Waals surface area (Å²) in [6.07, 6.45) is -4.03. The Balaban J connectivity index is 1.52. The Morgan fingerprint density at radius 2 is 1.83 bits per heavy atom. The standard InChI is InChI=1S/C23H29F3N4O4S/c1-32-8-9-33-21-13-20(27-28-21)18-12-17(16-2-4-19(5-3-16)34-23(24,25)26)14-30(15-18)22(31)29-6-10-35-11-7-29/h2-5,13,17-18H,6-12,14-15H2,1H3,(H,27,28). The number of likely N-dealkylation sites (tertiary alicyclic amines) is 1. The van der Waals surface area contributed by atoms with Gasteiger partial charge in [0.2, 0.25) is 5.88 Å². The van der Waals surface area contributed by atoms with Crippen LogP contribution < -0.4 is 9.47 Å². The van der Waals surface area contributed by atoms with Gasteiger partial charge in [-0.1, -0.05) is 12.1 Å². The van der Waals surface area contributed by atoms with E-state index in [0.717, 1.165) is 22.8 Å². The highest BCUT2D eigenvalue weighted by Gasteiger charge is 2.35. The van der Waals surface area contributed by atoms with Gasteiger partial charge in [-0.25, -0.2) is 4.79 Å². The monoisotopic (exact) mass is 514 g/mol. The highest BCUT2D eigenvalue weighted by molar-refractivity contribution is 7.99. The fraction of sp³-hybridized carbons (Fsp3) is 0.565. The molecule has 1 aromatic heterocycles. The lowest BCUT2D eigenvalue weighted by molar-refractivity contribution is -0.274. The highest BCUT2D eigenvalue weighted by atomic mass is 32.2. The van der Waals surface area contributed by atoms with E-state index in [1.54, 1.807) is 19.2 Å². The molecule has 3 heterocycles. The summed E-state index contributed by atoms with van der Waals surface area (Å²) in [4.78, 5) is 17.1. The van der Waals surface area contributed by atoms with Crippen molar-refractivity contribution in [1.29, 1.82) is 0 Å². The number of hydrogen-bond donors (Lipinski definition) is 1. The van der Waals surface area contributed by atoms with Crippen LogP contribution in [0.1, 0.15) is 29.5 Å². The Morgan fingerprint density at radius 3 is 2.51 bits per heavy atom. The average Bonchev–Trinajstić information content (AvgIpc) is 3.32. The van der Waals surface area contributed by atoms with E-state index in [9.17, 15) is 18.0 Å². The number of amides is 2. The Labute approximate surface area is 206 Å². The summed E-state index contributed by atoms with van der Waals surface area (Å²) < 4.78 is 52.3. The van der Waals surface area contributed by atoms with Crippen LogP contribution in [-0.4, -0.2) is 90.4 Å². The predicted molar refractivity (Wildman–Crippen MR) is 125 cm³/mol. The van der Waals surface area contributed by atoms with Gasteiger partial charge >= 0.3 is 12.4 Å². The quantitative estimate of drug-likeness (QED) is 0.561. The first kappa shape index (κ1) is 25.5. The number of nitrogens with one attached hydrogen (secondary N) is 1. The van der Waals surface area contributed by atoms with Gasteiger partial charge in [-0.15, -0.1) is 18.3 Å². The van der Waals surface area contributed by atoms with Gasteiger partial charge in [-0.2, -0.15) is 11.8 Å². The van der Waals surface area contributed by atoms with Crippen molar-refractivity contribution < 1.29 is 32.2 Å². The molecule has 2 aromatic rings. The molecule has 2 aliphatic rings. The first-order chi connectivity index (χ1) is 16.8. The number of benzene rings is 1. The number of aromatic nitrogens is 2. The summed E-state index contributed by atoms with van der Waals surface area (Å²) in [5, 5.41) is 7.26. The van der Waals surface area contributed by atoms with E-state index in [1.807, 2.05) is 27.6 Å². The van der Waals surface area contributed by atoms with E-state index in [-0.39, 0.29) is 23.6 Å². The van der Waals surface area contributed by atoms with Crippen molar-refractivity contribution >= 4 is 17.8 Å². The Bertz CT molecular complexity index is 966. The van der Waals surface area contributed by atoms with E-state index in [1.165, 1.54) is 12.1 Å². The lowest BCUT2D eigenvalue weighted by atomic mass is 9.83. The van der Waals surface area contributed by atoms with Crippen LogP contribution in [0.15, 0.2) is 30.3 Å². The van der Waals surface area contributed by atoms with Crippen molar-refractivity contribution in [3.05, 3.63) is 41.6 Å². The number of H-pyrrole nitrogens is 1. The number of urea groups is 1. The highest BCUT2D eigenvalue weighted by Crippen LogP contribution is 2.37. The van der Waals surface area contributed by atoms with Crippen LogP contribution in [0.3, 0.4) is 0 Å². The topological polar surface area (TPSA) is 79.9 Å². The zero-order chi connectivity index (χ0) is 24.8. The maximum absolute atomic E-state index is 13.3. The molecular weight excluding hydrogens is 485 g/mol. The molecule has 35 heavy (non-hydrogen) atoms. The van der Waals surface area contributed by atoms with Gasteiger partial charge < -0.3 is 24.0 Å². The van der Waals surface area contributed by atoms with Crippen LogP contribution >= 0.6 is 11.8 Å². The van der Waals surface area contributed by atoms with E-state index in [2.05, 4.69) is 14.9 Å². The smallest absolute Gasteiger partial charge is 0.474 e.